The highest BCUT2D eigenvalue weighted by Gasteiger charge is 2.37. The number of hydrogen-bond donors (Lipinski definition) is 1. The van der Waals surface area contributed by atoms with E-state index in [1.54, 1.807) is 24.3 Å². The van der Waals surface area contributed by atoms with Crippen molar-refractivity contribution < 1.29 is 40.7 Å². The molecule has 0 unspecified atom stereocenters. The lowest BCUT2D eigenvalue weighted by Gasteiger charge is -2.15. The maximum atomic E-state index is 12.9. The minimum absolute atomic E-state index is 0.0644. The number of aromatic nitrogens is 2. The van der Waals surface area contributed by atoms with Crippen LogP contribution in [0.5, 0.6) is 0 Å². The quantitative estimate of drug-likeness (QED) is 0.471. The van der Waals surface area contributed by atoms with E-state index in [2.05, 4.69) is 4.98 Å². The van der Waals surface area contributed by atoms with E-state index in [0.717, 1.165) is 0 Å². The van der Waals surface area contributed by atoms with Gasteiger partial charge >= 0.3 is 18.3 Å². The van der Waals surface area contributed by atoms with Gasteiger partial charge in [-0.15, -0.1) is 0 Å². The molecule has 1 amide bonds. The molecule has 1 N–H and O–H groups in total. The average molecular weight is 445 g/mol. The number of rotatable bonds is 5. The molecular weight excluding hydrogens is 432 g/mol. The Morgan fingerprint density at radius 2 is 1.58 bits per heavy atom. The van der Waals surface area contributed by atoms with Crippen LogP contribution in [0.25, 0.3) is 11.0 Å². The first-order chi connectivity index (χ1) is 14.4. The van der Waals surface area contributed by atoms with Crippen molar-refractivity contribution in [3.05, 3.63) is 59.9 Å². The zero-order valence-corrected chi connectivity index (χ0v) is 15.4. The van der Waals surface area contributed by atoms with Crippen LogP contribution in [-0.2, 0) is 33.2 Å². The summed E-state index contributed by atoms with van der Waals surface area (Å²) in [4.78, 5) is 27.9. The normalized spacial score (nSPS) is 12.1. The minimum Gasteiger partial charge on any atom is -0.454 e. The maximum Gasteiger partial charge on any atom is 0.416 e. The third-order valence-corrected chi connectivity index (χ3v) is 4.06. The highest BCUT2D eigenvalue weighted by atomic mass is 19.4. The van der Waals surface area contributed by atoms with E-state index in [-0.39, 0.29) is 12.6 Å². The topological polar surface area (TPSA) is 73.2 Å². The third kappa shape index (κ3) is 5.53. The molecule has 0 fully saturated rings. The van der Waals surface area contributed by atoms with Crippen molar-refractivity contribution in [1.29, 1.82) is 0 Å². The van der Waals surface area contributed by atoms with Gasteiger partial charge in [-0.3, -0.25) is 9.59 Å². The third-order valence-electron chi connectivity index (χ3n) is 4.06. The number of para-hydroxylation sites is 2. The molecule has 0 bridgehead atoms. The second kappa shape index (κ2) is 8.28. The fourth-order valence-electron chi connectivity index (χ4n) is 2.69. The van der Waals surface area contributed by atoms with E-state index in [0.29, 0.717) is 23.2 Å². The smallest absolute Gasteiger partial charge is 0.416 e. The molecular formula is C19H13F6N3O3. The number of carbonyl (C=O) groups is 2. The van der Waals surface area contributed by atoms with Gasteiger partial charge in [-0.1, -0.05) is 12.1 Å². The Morgan fingerprint density at radius 1 is 0.968 bits per heavy atom. The first kappa shape index (κ1) is 22.1. The van der Waals surface area contributed by atoms with Crippen LogP contribution < -0.4 is 5.32 Å². The Hall–Kier alpha value is -3.57. The van der Waals surface area contributed by atoms with Crippen molar-refractivity contribution in [3.63, 3.8) is 0 Å². The SMILES string of the molecule is O=C(COC(=O)Cn1cnc2ccccc21)Nc1cc(C(F)(F)F)cc(C(F)(F)F)c1. The van der Waals surface area contributed by atoms with Crippen molar-refractivity contribution in [2.24, 2.45) is 0 Å². The van der Waals surface area contributed by atoms with Gasteiger partial charge in [-0.05, 0) is 30.3 Å². The van der Waals surface area contributed by atoms with Gasteiger partial charge < -0.3 is 14.6 Å². The lowest BCUT2D eigenvalue weighted by Crippen LogP contribution is -2.23. The fraction of sp³-hybridized carbons (Fsp3) is 0.211. The first-order valence-corrected chi connectivity index (χ1v) is 8.58. The zero-order valence-electron chi connectivity index (χ0n) is 15.4. The van der Waals surface area contributed by atoms with Crippen LogP contribution >= 0.6 is 0 Å². The number of carbonyl (C=O) groups excluding carboxylic acids is 2. The van der Waals surface area contributed by atoms with Crippen LogP contribution in [0.3, 0.4) is 0 Å². The number of benzene rings is 2. The number of alkyl halides is 6. The number of ether oxygens (including phenoxy) is 1. The number of nitrogens with zero attached hydrogens (tertiary/aromatic N) is 2. The van der Waals surface area contributed by atoms with Crippen molar-refractivity contribution >= 4 is 28.6 Å². The van der Waals surface area contributed by atoms with Gasteiger partial charge in [0, 0.05) is 5.69 Å². The number of halogens is 6. The van der Waals surface area contributed by atoms with E-state index in [9.17, 15) is 35.9 Å². The van der Waals surface area contributed by atoms with Crippen molar-refractivity contribution in [1.82, 2.24) is 9.55 Å². The second-order valence-electron chi connectivity index (χ2n) is 6.36. The molecule has 0 radical (unpaired) electrons. The molecule has 1 aromatic heterocycles. The Kier molecular flexibility index (Phi) is 5.91. The Bertz CT molecular complexity index is 1090. The molecule has 31 heavy (non-hydrogen) atoms. The van der Waals surface area contributed by atoms with E-state index < -0.39 is 47.7 Å². The molecule has 0 spiro atoms. The summed E-state index contributed by atoms with van der Waals surface area (Å²) in [6.07, 6.45) is -8.73. The predicted molar refractivity (Wildman–Crippen MR) is 95.8 cm³/mol. The van der Waals surface area contributed by atoms with E-state index >= 15 is 0 Å². The molecule has 164 valence electrons. The predicted octanol–water partition coefficient (Wildman–Crippen LogP) is 4.26. The summed E-state index contributed by atoms with van der Waals surface area (Å²) in [7, 11) is 0. The number of anilines is 1. The molecule has 2 aromatic carbocycles. The lowest BCUT2D eigenvalue weighted by atomic mass is 10.1. The summed E-state index contributed by atoms with van der Waals surface area (Å²) in [6, 6.07) is 7.54. The van der Waals surface area contributed by atoms with Gasteiger partial charge in [0.15, 0.2) is 6.61 Å². The summed E-state index contributed by atoms with van der Waals surface area (Å²) < 4.78 is 83.4. The number of nitrogens with one attached hydrogen (secondary N) is 1. The highest BCUT2D eigenvalue weighted by molar-refractivity contribution is 5.93. The summed E-state index contributed by atoms with van der Waals surface area (Å²) in [6.45, 7) is -1.20. The summed E-state index contributed by atoms with van der Waals surface area (Å²) in [5, 5.41) is 1.88. The molecule has 1 heterocycles. The van der Waals surface area contributed by atoms with Gasteiger partial charge in [0.25, 0.3) is 5.91 Å². The van der Waals surface area contributed by atoms with Crippen LogP contribution in [0.15, 0.2) is 48.8 Å². The van der Waals surface area contributed by atoms with Gasteiger partial charge in [-0.25, -0.2) is 4.98 Å². The maximum absolute atomic E-state index is 12.9. The van der Waals surface area contributed by atoms with Crippen molar-refractivity contribution in [2.45, 2.75) is 18.9 Å². The highest BCUT2D eigenvalue weighted by Crippen LogP contribution is 2.37. The largest absolute Gasteiger partial charge is 0.454 e. The lowest BCUT2D eigenvalue weighted by molar-refractivity contribution is -0.147. The van der Waals surface area contributed by atoms with Gasteiger partial charge in [0.05, 0.1) is 28.5 Å². The number of fused-ring (bicyclic) bond motifs is 1. The van der Waals surface area contributed by atoms with Crippen LogP contribution in [0.4, 0.5) is 32.0 Å². The Morgan fingerprint density at radius 3 is 2.19 bits per heavy atom. The van der Waals surface area contributed by atoms with Crippen LogP contribution in [0.1, 0.15) is 11.1 Å². The molecule has 0 saturated heterocycles. The van der Waals surface area contributed by atoms with Crippen LogP contribution in [-0.4, -0.2) is 28.0 Å². The van der Waals surface area contributed by atoms with Crippen molar-refractivity contribution in [2.75, 3.05) is 11.9 Å². The van der Waals surface area contributed by atoms with E-state index in [1.807, 2.05) is 5.32 Å². The zero-order chi connectivity index (χ0) is 22.8. The van der Waals surface area contributed by atoms with Gasteiger partial charge in [-0.2, -0.15) is 26.3 Å². The second-order valence-corrected chi connectivity index (χ2v) is 6.36. The van der Waals surface area contributed by atoms with E-state index in [4.69, 9.17) is 4.74 Å². The van der Waals surface area contributed by atoms with E-state index in [1.165, 1.54) is 10.9 Å². The number of esters is 1. The molecule has 3 aromatic rings. The molecule has 0 aliphatic carbocycles. The van der Waals surface area contributed by atoms with Gasteiger partial charge in [0.1, 0.15) is 6.54 Å². The average Bonchev–Trinajstić information content (AvgIpc) is 3.08. The molecule has 0 aliphatic rings. The molecule has 0 aliphatic heterocycles. The van der Waals surface area contributed by atoms with Crippen LogP contribution in [0, 0.1) is 0 Å². The molecule has 3 rings (SSSR count). The molecule has 12 heteroatoms. The summed E-state index contributed by atoms with van der Waals surface area (Å²) >= 11 is 0. The fourth-order valence-corrected chi connectivity index (χ4v) is 2.69. The van der Waals surface area contributed by atoms with Crippen LogP contribution in [0.2, 0.25) is 0 Å². The number of amides is 1. The monoisotopic (exact) mass is 445 g/mol. The van der Waals surface area contributed by atoms with Crippen molar-refractivity contribution in [3.8, 4) is 0 Å². The van der Waals surface area contributed by atoms with Gasteiger partial charge in [0.2, 0.25) is 0 Å². The molecule has 0 atom stereocenters. The summed E-state index contributed by atoms with van der Waals surface area (Å²) in [5.74, 6) is -1.95. The molecule has 6 nitrogen and oxygen atoms in total. The Labute approximate surface area is 170 Å². The first-order valence-electron chi connectivity index (χ1n) is 8.58. The number of imidazole rings is 1. The molecule has 0 saturated carbocycles. The minimum atomic E-state index is -5.05. The Balaban J connectivity index is 1.64. The number of hydrogen-bond acceptors (Lipinski definition) is 4. The standard InChI is InChI=1S/C19H13F6N3O3/c20-18(21,22)11-5-12(19(23,24)25)7-13(6-11)27-16(29)9-31-17(30)8-28-10-26-14-3-1-2-4-15(14)28/h1-7,10H,8-9H2,(H,27,29). The summed E-state index contributed by atoms with van der Waals surface area (Å²) in [5.41, 5.74) is -2.64.